The SMILES string of the molecule is Cc1cc(Br)ccc1N1Cc2ccccc2C1=N. The third-order valence-electron chi connectivity index (χ3n) is 3.32. The number of halogens is 1. The van der Waals surface area contributed by atoms with Crippen molar-refractivity contribution in [3.63, 3.8) is 0 Å². The predicted molar refractivity (Wildman–Crippen MR) is 78.3 cm³/mol. The summed E-state index contributed by atoms with van der Waals surface area (Å²) in [5, 5.41) is 8.29. The molecule has 3 heteroatoms. The van der Waals surface area contributed by atoms with Crippen molar-refractivity contribution in [1.82, 2.24) is 0 Å². The first-order chi connectivity index (χ1) is 8.66. The van der Waals surface area contributed by atoms with E-state index in [2.05, 4.69) is 46.0 Å². The number of hydrogen-bond acceptors (Lipinski definition) is 1. The van der Waals surface area contributed by atoms with E-state index in [0.29, 0.717) is 5.84 Å². The van der Waals surface area contributed by atoms with Crippen molar-refractivity contribution in [3.8, 4) is 0 Å². The summed E-state index contributed by atoms with van der Waals surface area (Å²) >= 11 is 3.48. The molecular formula is C15H13BrN2. The molecule has 1 N–H and O–H groups in total. The van der Waals surface area contributed by atoms with Gasteiger partial charge >= 0.3 is 0 Å². The molecule has 1 aliphatic rings. The lowest BCUT2D eigenvalue weighted by Crippen LogP contribution is -2.23. The minimum absolute atomic E-state index is 0.594. The van der Waals surface area contributed by atoms with Crippen molar-refractivity contribution < 1.29 is 0 Å². The fourth-order valence-electron chi connectivity index (χ4n) is 2.41. The molecule has 2 aromatic rings. The number of nitrogens with zero attached hydrogens (tertiary/aromatic N) is 1. The number of aryl methyl sites for hydroxylation is 1. The first-order valence-electron chi connectivity index (χ1n) is 5.87. The molecule has 18 heavy (non-hydrogen) atoms. The van der Waals surface area contributed by atoms with Gasteiger partial charge < -0.3 is 4.90 Å². The van der Waals surface area contributed by atoms with Crippen molar-refractivity contribution >= 4 is 27.5 Å². The second-order valence-electron chi connectivity index (χ2n) is 4.52. The molecule has 0 radical (unpaired) electrons. The summed E-state index contributed by atoms with van der Waals surface area (Å²) in [7, 11) is 0. The standard InChI is InChI=1S/C15H13BrN2/c1-10-8-12(16)6-7-14(10)18-9-11-4-2-3-5-13(11)15(18)17/h2-8,17H,9H2,1H3. The van der Waals surface area contributed by atoms with Crippen molar-refractivity contribution in [2.24, 2.45) is 0 Å². The van der Waals surface area contributed by atoms with E-state index >= 15 is 0 Å². The lowest BCUT2D eigenvalue weighted by molar-refractivity contribution is 1.04. The van der Waals surface area contributed by atoms with Gasteiger partial charge in [0.25, 0.3) is 0 Å². The largest absolute Gasteiger partial charge is 0.322 e. The van der Waals surface area contributed by atoms with Crippen LogP contribution in [0.2, 0.25) is 0 Å². The molecule has 0 aromatic heterocycles. The number of amidine groups is 1. The molecule has 2 aromatic carbocycles. The number of hydrogen-bond donors (Lipinski definition) is 1. The minimum Gasteiger partial charge on any atom is -0.322 e. The molecule has 0 amide bonds. The molecule has 0 atom stereocenters. The van der Waals surface area contributed by atoms with Crippen LogP contribution >= 0.6 is 15.9 Å². The van der Waals surface area contributed by atoms with E-state index in [9.17, 15) is 0 Å². The summed E-state index contributed by atoms with van der Waals surface area (Å²) in [5.74, 6) is 0.594. The highest BCUT2D eigenvalue weighted by molar-refractivity contribution is 9.10. The molecular weight excluding hydrogens is 288 g/mol. The van der Waals surface area contributed by atoms with E-state index < -0.39 is 0 Å². The maximum Gasteiger partial charge on any atom is 0.133 e. The number of rotatable bonds is 1. The highest BCUT2D eigenvalue weighted by Gasteiger charge is 2.25. The Labute approximate surface area is 115 Å². The Morgan fingerprint density at radius 1 is 1.17 bits per heavy atom. The molecule has 0 aliphatic carbocycles. The second-order valence-corrected chi connectivity index (χ2v) is 5.44. The molecule has 3 rings (SSSR count). The van der Waals surface area contributed by atoms with Crippen molar-refractivity contribution in [2.45, 2.75) is 13.5 Å². The summed E-state index contributed by atoms with van der Waals surface area (Å²) in [4.78, 5) is 2.06. The van der Waals surface area contributed by atoms with Gasteiger partial charge in [-0.05, 0) is 36.2 Å². The molecule has 0 unspecified atom stereocenters. The van der Waals surface area contributed by atoms with Crippen LogP contribution in [0.5, 0.6) is 0 Å². The molecule has 1 aliphatic heterocycles. The normalized spacial score (nSPS) is 13.9. The Morgan fingerprint density at radius 2 is 1.94 bits per heavy atom. The van der Waals surface area contributed by atoms with Gasteiger partial charge in [0.1, 0.15) is 5.84 Å². The molecule has 90 valence electrons. The fourth-order valence-corrected chi connectivity index (χ4v) is 2.89. The van der Waals surface area contributed by atoms with Gasteiger partial charge in [0.05, 0.1) is 6.54 Å². The molecule has 0 spiro atoms. The summed E-state index contributed by atoms with van der Waals surface area (Å²) in [6.45, 7) is 2.87. The van der Waals surface area contributed by atoms with Crippen LogP contribution in [0.3, 0.4) is 0 Å². The average molecular weight is 301 g/mol. The van der Waals surface area contributed by atoms with Gasteiger partial charge in [-0.15, -0.1) is 0 Å². The van der Waals surface area contributed by atoms with E-state index in [-0.39, 0.29) is 0 Å². The van der Waals surface area contributed by atoms with E-state index in [1.54, 1.807) is 0 Å². The Hall–Kier alpha value is -1.61. The van der Waals surface area contributed by atoms with Crippen molar-refractivity contribution in [2.75, 3.05) is 4.90 Å². The lowest BCUT2D eigenvalue weighted by Gasteiger charge is -2.20. The van der Waals surface area contributed by atoms with E-state index in [4.69, 9.17) is 5.41 Å². The van der Waals surface area contributed by atoms with Crippen LogP contribution in [-0.2, 0) is 6.54 Å². The van der Waals surface area contributed by atoms with Crippen molar-refractivity contribution in [3.05, 3.63) is 63.6 Å². The molecule has 0 saturated heterocycles. The van der Waals surface area contributed by atoms with Crippen LogP contribution in [0.1, 0.15) is 16.7 Å². The van der Waals surface area contributed by atoms with Crippen LogP contribution in [-0.4, -0.2) is 5.84 Å². The number of nitrogens with one attached hydrogen (secondary N) is 1. The van der Waals surface area contributed by atoms with E-state index in [0.717, 1.165) is 22.3 Å². The molecule has 2 nitrogen and oxygen atoms in total. The monoisotopic (exact) mass is 300 g/mol. The number of fused-ring (bicyclic) bond motifs is 1. The fraction of sp³-hybridized carbons (Fsp3) is 0.133. The first-order valence-corrected chi connectivity index (χ1v) is 6.66. The zero-order chi connectivity index (χ0) is 12.7. The molecule has 0 saturated carbocycles. The van der Waals surface area contributed by atoms with Gasteiger partial charge in [-0.25, -0.2) is 0 Å². The third kappa shape index (κ3) is 1.75. The number of anilines is 1. The Balaban J connectivity index is 2.04. The Morgan fingerprint density at radius 3 is 2.67 bits per heavy atom. The van der Waals surface area contributed by atoms with E-state index in [1.807, 2.05) is 24.3 Å². The first kappa shape index (κ1) is 11.5. The van der Waals surface area contributed by atoms with Crippen LogP contribution in [0.4, 0.5) is 5.69 Å². The summed E-state index contributed by atoms with van der Waals surface area (Å²) in [6, 6.07) is 14.3. The summed E-state index contributed by atoms with van der Waals surface area (Å²) in [5.41, 5.74) is 4.56. The maximum absolute atomic E-state index is 8.29. The van der Waals surface area contributed by atoms with Gasteiger partial charge in [-0.2, -0.15) is 0 Å². The predicted octanol–water partition coefficient (Wildman–Crippen LogP) is 4.10. The zero-order valence-electron chi connectivity index (χ0n) is 10.1. The van der Waals surface area contributed by atoms with Gasteiger partial charge in [0.2, 0.25) is 0 Å². The average Bonchev–Trinajstić information content (AvgIpc) is 2.68. The highest BCUT2D eigenvalue weighted by Crippen LogP contribution is 2.31. The van der Waals surface area contributed by atoms with Gasteiger partial charge in [-0.3, -0.25) is 5.41 Å². The van der Waals surface area contributed by atoms with Crippen LogP contribution in [0.25, 0.3) is 0 Å². The van der Waals surface area contributed by atoms with Gasteiger partial charge in [0.15, 0.2) is 0 Å². The van der Waals surface area contributed by atoms with Crippen LogP contribution in [0, 0.1) is 12.3 Å². The third-order valence-corrected chi connectivity index (χ3v) is 3.81. The molecule has 0 bridgehead atoms. The molecule has 1 heterocycles. The van der Waals surface area contributed by atoms with Crippen molar-refractivity contribution in [1.29, 1.82) is 5.41 Å². The van der Waals surface area contributed by atoms with Crippen LogP contribution < -0.4 is 4.90 Å². The Bertz CT molecular complexity index is 634. The Kier molecular flexibility index (Phi) is 2.71. The maximum atomic E-state index is 8.29. The quantitative estimate of drug-likeness (QED) is 0.843. The van der Waals surface area contributed by atoms with Crippen LogP contribution in [0.15, 0.2) is 46.9 Å². The summed E-state index contributed by atoms with van der Waals surface area (Å²) in [6.07, 6.45) is 0. The molecule has 0 fully saturated rings. The van der Waals surface area contributed by atoms with Gasteiger partial charge in [0, 0.05) is 15.7 Å². The summed E-state index contributed by atoms with van der Waals surface area (Å²) < 4.78 is 1.08. The zero-order valence-corrected chi connectivity index (χ0v) is 11.7. The smallest absolute Gasteiger partial charge is 0.133 e. The topological polar surface area (TPSA) is 27.1 Å². The second kappa shape index (κ2) is 4.25. The van der Waals surface area contributed by atoms with E-state index in [1.165, 1.54) is 11.1 Å². The van der Waals surface area contributed by atoms with Gasteiger partial charge in [-0.1, -0.05) is 40.2 Å². The highest BCUT2D eigenvalue weighted by atomic mass is 79.9. The lowest BCUT2D eigenvalue weighted by atomic mass is 10.1. The number of benzene rings is 2. The minimum atomic E-state index is 0.594.